The molecule has 0 spiro atoms. The maximum Gasteiger partial charge on any atom is 0.193 e. The second-order valence-electron chi connectivity index (χ2n) is 5.04. The molecule has 1 aliphatic heterocycles. The van der Waals surface area contributed by atoms with E-state index in [1.807, 2.05) is 7.05 Å². The highest BCUT2D eigenvalue weighted by molar-refractivity contribution is 7.10. The van der Waals surface area contributed by atoms with E-state index in [2.05, 4.69) is 40.6 Å². The quantitative estimate of drug-likeness (QED) is 0.678. The molecule has 1 unspecified atom stereocenters. The van der Waals surface area contributed by atoms with Crippen LogP contribution in [0.25, 0.3) is 0 Å². The Morgan fingerprint density at radius 2 is 2.47 bits per heavy atom. The minimum absolute atomic E-state index is 0.632. The number of aliphatic imine (C=N–C) groups is 1. The Hall–Kier alpha value is -1.07. The summed E-state index contributed by atoms with van der Waals surface area (Å²) in [6.45, 7) is 5.78. The summed E-state index contributed by atoms with van der Waals surface area (Å²) >= 11 is 1.79. The first-order valence-electron chi connectivity index (χ1n) is 6.73. The molecule has 0 bridgehead atoms. The third-order valence-electron chi connectivity index (χ3n) is 3.50. The van der Waals surface area contributed by atoms with Crippen molar-refractivity contribution in [2.24, 2.45) is 10.9 Å². The van der Waals surface area contributed by atoms with Crippen LogP contribution in [0.15, 0.2) is 16.4 Å². The number of nitrogens with zero attached hydrogens (tertiary/aromatic N) is 2. The van der Waals surface area contributed by atoms with Gasteiger partial charge in [-0.2, -0.15) is 0 Å². The van der Waals surface area contributed by atoms with Crippen LogP contribution in [0.2, 0.25) is 0 Å². The van der Waals surface area contributed by atoms with E-state index >= 15 is 0 Å². The molecule has 106 valence electrons. The van der Waals surface area contributed by atoms with Crippen molar-refractivity contribution in [2.75, 3.05) is 33.9 Å². The third-order valence-corrected chi connectivity index (χ3v) is 4.53. The number of rotatable bonds is 4. The Morgan fingerprint density at radius 3 is 3.05 bits per heavy atom. The van der Waals surface area contributed by atoms with Crippen LogP contribution < -0.4 is 5.32 Å². The zero-order chi connectivity index (χ0) is 13.7. The molecule has 1 aromatic heterocycles. The van der Waals surface area contributed by atoms with Crippen LogP contribution in [0.3, 0.4) is 0 Å². The van der Waals surface area contributed by atoms with Gasteiger partial charge in [-0.05, 0) is 30.4 Å². The number of thiophene rings is 1. The first kappa shape index (κ1) is 14.3. The molecular weight excluding hydrogens is 258 g/mol. The number of ether oxygens (including phenoxy) is 1. The van der Waals surface area contributed by atoms with Crippen LogP contribution in [0.4, 0.5) is 0 Å². The number of hydrogen-bond donors (Lipinski definition) is 1. The molecule has 0 radical (unpaired) electrons. The van der Waals surface area contributed by atoms with Crippen molar-refractivity contribution in [3.8, 4) is 0 Å². The maximum absolute atomic E-state index is 5.42. The molecule has 0 saturated carbocycles. The van der Waals surface area contributed by atoms with Crippen LogP contribution in [-0.2, 0) is 11.3 Å². The van der Waals surface area contributed by atoms with Gasteiger partial charge in [-0.1, -0.05) is 0 Å². The van der Waals surface area contributed by atoms with Crippen molar-refractivity contribution in [2.45, 2.75) is 19.9 Å². The highest BCUT2D eigenvalue weighted by Crippen LogP contribution is 2.16. The fourth-order valence-electron chi connectivity index (χ4n) is 2.33. The minimum Gasteiger partial charge on any atom is -0.381 e. The first-order valence-corrected chi connectivity index (χ1v) is 7.61. The number of aryl methyl sites for hydroxylation is 1. The van der Waals surface area contributed by atoms with E-state index in [1.54, 1.807) is 11.3 Å². The highest BCUT2D eigenvalue weighted by atomic mass is 32.1. The van der Waals surface area contributed by atoms with E-state index in [1.165, 1.54) is 10.4 Å². The van der Waals surface area contributed by atoms with Gasteiger partial charge in [-0.15, -0.1) is 11.3 Å². The lowest BCUT2D eigenvalue weighted by molar-refractivity contribution is 0.181. The average molecular weight is 281 g/mol. The van der Waals surface area contributed by atoms with Crippen molar-refractivity contribution in [1.82, 2.24) is 10.2 Å². The van der Waals surface area contributed by atoms with Crippen molar-refractivity contribution < 1.29 is 4.74 Å². The molecule has 0 amide bonds. The summed E-state index contributed by atoms with van der Waals surface area (Å²) in [5.74, 6) is 1.59. The van der Waals surface area contributed by atoms with Crippen molar-refractivity contribution in [1.29, 1.82) is 0 Å². The first-order chi connectivity index (χ1) is 9.20. The van der Waals surface area contributed by atoms with Gasteiger partial charge in [0.2, 0.25) is 0 Å². The summed E-state index contributed by atoms with van der Waals surface area (Å²) in [5, 5.41) is 5.57. The van der Waals surface area contributed by atoms with E-state index in [4.69, 9.17) is 4.74 Å². The molecule has 1 fully saturated rings. The number of guanidine groups is 1. The summed E-state index contributed by atoms with van der Waals surface area (Å²) in [7, 11) is 3.93. The van der Waals surface area contributed by atoms with Gasteiger partial charge in [0.05, 0.1) is 13.2 Å². The van der Waals surface area contributed by atoms with Gasteiger partial charge in [0.1, 0.15) is 0 Å². The molecular formula is C14H23N3OS. The van der Waals surface area contributed by atoms with Gasteiger partial charge in [-0.3, -0.25) is 4.99 Å². The molecule has 0 aliphatic carbocycles. The molecule has 1 N–H and O–H groups in total. The van der Waals surface area contributed by atoms with Gasteiger partial charge in [0.25, 0.3) is 0 Å². The van der Waals surface area contributed by atoms with Crippen LogP contribution in [-0.4, -0.2) is 44.7 Å². The van der Waals surface area contributed by atoms with Gasteiger partial charge < -0.3 is 15.0 Å². The molecule has 2 rings (SSSR count). The van der Waals surface area contributed by atoms with Gasteiger partial charge in [0.15, 0.2) is 5.96 Å². The second kappa shape index (κ2) is 6.91. The normalized spacial score (nSPS) is 19.7. The van der Waals surface area contributed by atoms with Crippen molar-refractivity contribution in [3.05, 3.63) is 21.9 Å². The van der Waals surface area contributed by atoms with Crippen LogP contribution >= 0.6 is 11.3 Å². The summed E-state index contributed by atoms with van der Waals surface area (Å²) in [4.78, 5) is 7.92. The Balaban J connectivity index is 1.83. The van der Waals surface area contributed by atoms with E-state index in [9.17, 15) is 0 Å². The summed E-state index contributed by atoms with van der Waals surface area (Å²) in [6.07, 6.45) is 1.16. The zero-order valence-corrected chi connectivity index (χ0v) is 12.8. The Kier molecular flexibility index (Phi) is 5.22. The molecule has 1 aromatic rings. The van der Waals surface area contributed by atoms with E-state index in [0.717, 1.165) is 38.7 Å². The molecule has 4 nitrogen and oxygen atoms in total. The summed E-state index contributed by atoms with van der Waals surface area (Å²) in [5.41, 5.74) is 1.35. The lowest BCUT2D eigenvalue weighted by Gasteiger charge is -2.24. The molecule has 1 aliphatic rings. The molecule has 19 heavy (non-hydrogen) atoms. The van der Waals surface area contributed by atoms with Crippen LogP contribution in [0, 0.1) is 12.8 Å². The maximum atomic E-state index is 5.42. The summed E-state index contributed by atoms with van der Waals surface area (Å²) in [6, 6.07) is 2.16. The monoisotopic (exact) mass is 281 g/mol. The predicted molar refractivity (Wildman–Crippen MR) is 80.8 cm³/mol. The minimum atomic E-state index is 0.632. The van der Waals surface area contributed by atoms with E-state index < -0.39 is 0 Å². The molecule has 0 aromatic carbocycles. The second-order valence-corrected chi connectivity index (χ2v) is 6.04. The SMILES string of the molecule is CN=C(NCc1sccc1C)N(C)CC1CCOC1. The Morgan fingerprint density at radius 1 is 1.63 bits per heavy atom. The van der Waals surface area contributed by atoms with Crippen molar-refractivity contribution >= 4 is 17.3 Å². The van der Waals surface area contributed by atoms with E-state index in [-0.39, 0.29) is 0 Å². The number of nitrogens with one attached hydrogen (secondary N) is 1. The molecule has 2 heterocycles. The Labute approximate surface area is 119 Å². The fourth-order valence-corrected chi connectivity index (χ4v) is 3.18. The third kappa shape index (κ3) is 3.94. The summed E-state index contributed by atoms with van der Waals surface area (Å²) < 4.78 is 5.42. The smallest absolute Gasteiger partial charge is 0.193 e. The van der Waals surface area contributed by atoms with Crippen molar-refractivity contribution in [3.63, 3.8) is 0 Å². The molecule has 1 atom stereocenters. The van der Waals surface area contributed by atoms with Crippen LogP contribution in [0.5, 0.6) is 0 Å². The van der Waals surface area contributed by atoms with Gasteiger partial charge in [0, 0.05) is 38.0 Å². The molecule has 1 saturated heterocycles. The van der Waals surface area contributed by atoms with E-state index in [0.29, 0.717) is 5.92 Å². The number of hydrogen-bond acceptors (Lipinski definition) is 3. The predicted octanol–water partition coefficient (Wildman–Crippen LogP) is 2.10. The lowest BCUT2D eigenvalue weighted by atomic mass is 10.1. The Bertz CT molecular complexity index is 424. The highest BCUT2D eigenvalue weighted by Gasteiger charge is 2.19. The standard InChI is InChI=1S/C14H23N3OS/c1-11-5-7-19-13(11)8-16-14(15-2)17(3)9-12-4-6-18-10-12/h5,7,12H,4,6,8-10H2,1-3H3,(H,15,16). The molecule has 5 heteroatoms. The zero-order valence-electron chi connectivity index (χ0n) is 12.0. The van der Waals surface area contributed by atoms with Gasteiger partial charge in [-0.25, -0.2) is 0 Å². The average Bonchev–Trinajstić information content (AvgIpc) is 3.02. The largest absolute Gasteiger partial charge is 0.381 e. The van der Waals surface area contributed by atoms with Crippen LogP contribution in [0.1, 0.15) is 16.9 Å². The topological polar surface area (TPSA) is 36.9 Å². The fraction of sp³-hybridized carbons (Fsp3) is 0.643. The van der Waals surface area contributed by atoms with Gasteiger partial charge >= 0.3 is 0 Å². The lowest BCUT2D eigenvalue weighted by Crippen LogP contribution is -2.41.